The van der Waals surface area contributed by atoms with E-state index in [1.165, 1.54) is 0 Å². The van der Waals surface area contributed by atoms with Crippen LogP contribution in [0.1, 0.15) is 47.4 Å². The smallest absolute Gasteiger partial charge is 0.251 e. The van der Waals surface area contributed by atoms with Crippen LogP contribution in [0.2, 0.25) is 0 Å². The topological polar surface area (TPSA) is 80.0 Å². The molecule has 1 aromatic carbocycles. The molecule has 1 amide bonds. The van der Waals surface area contributed by atoms with Crippen LogP contribution in [0.25, 0.3) is 0 Å². The summed E-state index contributed by atoms with van der Waals surface area (Å²) in [6.07, 6.45) is 3.00. The van der Waals surface area contributed by atoms with Crippen LogP contribution in [0.5, 0.6) is 0 Å². The van der Waals surface area contributed by atoms with Crippen molar-refractivity contribution < 1.29 is 9.32 Å². The number of anilines is 1. The number of aromatic nitrogens is 2. The fourth-order valence-electron chi connectivity index (χ4n) is 2.18. The van der Waals surface area contributed by atoms with Crippen molar-refractivity contribution >= 4 is 11.6 Å². The van der Waals surface area contributed by atoms with Crippen molar-refractivity contribution in [3.8, 4) is 0 Å². The Kier molecular flexibility index (Phi) is 5.52. The first-order valence-corrected chi connectivity index (χ1v) is 7.52. The molecule has 2 N–H and O–H groups in total. The molecule has 0 bridgehead atoms. The van der Waals surface area contributed by atoms with E-state index in [0.29, 0.717) is 18.0 Å². The van der Waals surface area contributed by atoms with Gasteiger partial charge in [0.05, 0.1) is 6.54 Å². The van der Waals surface area contributed by atoms with Gasteiger partial charge in [-0.15, -0.1) is 0 Å². The number of nitrogens with one attached hydrogen (secondary N) is 2. The Labute approximate surface area is 130 Å². The van der Waals surface area contributed by atoms with Crippen molar-refractivity contribution in [2.45, 2.75) is 39.7 Å². The maximum absolute atomic E-state index is 11.8. The Balaban J connectivity index is 2.02. The van der Waals surface area contributed by atoms with Crippen molar-refractivity contribution in [3.05, 3.63) is 41.0 Å². The molecule has 0 saturated heterocycles. The van der Waals surface area contributed by atoms with Gasteiger partial charge in [-0.25, -0.2) is 0 Å². The summed E-state index contributed by atoms with van der Waals surface area (Å²) >= 11 is 0. The third kappa shape index (κ3) is 3.84. The molecule has 22 heavy (non-hydrogen) atoms. The molecule has 0 unspecified atom stereocenters. The third-order valence-corrected chi connectivity index (χ3v) is 3.50. The van der Waals surface area contributed by atoms with Crippen LogP contribution in [-0.2, 0) is 13.0 Å². The van der Waals surface area contributed by atoms with Gasteiger partial charge in [0.2, 0.25) is 5.89 Å². The highest BCUT2D eigenvalue weighted by Gasteiger charge is 2.11. The summed E-state index contributed by atoms with van der Waals surface area (Å²) in [6.45, 7) is 4.48. The van der Waals surface area contributed by atoms with E-state index in [9.17, 15) is 4.79 Å². The minimum absolute atomic E-state index is 0.0965. The van der Waals surface area contributed by atoms with Gasteiger partial charge < -0.3 is 15.2 Å². The molecule has 6 nitrogen and oxygen atoms in total. The Morgan fingerprint density at radius 2 is 2.18 bits per heavy atom. The second-order valence-corrected chi connectivity index (χ2v) is 5.12. The van der Waals surface area contributed by atoms with Crippen molar-refractivity contribution in [1.82, 2.24) is 15.5 Å². The van der Waals surface area contributed by atoms with E-state index >= 15 is 0 Å². The van der Waals surface area contributed by atoms with Crippen LogP contribution in [-0.4, -0.2) is 23.1 Å². The van der Waals surface area contributed by atoms with Gasteiger partial charge in [0.1, 0.15) is 0 Å². The maximum Gasteiger partial charge on any atom is 0.251 e. The summed E-state index contributed by atoms with van der Waals surface area (Å²) in [5, 5.41) is 9.84. The van der Waals surface area contributed by atoms with Crippen LogP contribution in [0.15, 0.2) is 22.7 Å². The standard InChI is InChI=1S/C16H22N4O2/c1-4-5-9-14-19-15(22-20-14)10-18-13-8-6-7-12(11(13)2)16(21)17-3/h6-8,18H,4-5,9-10H2,1-3H3,(H,17,21). The van der Waals surface area contributed by atoms with Gasteiger partial charge in [-0.3, -0.25) is 4.79 Å². The quantitative estimate of drug-likeness (QED) is 0.822. The molecule has 118 valence electrons. The average molecular weight is 302 g/mol. The number of rotatable bonds is 7. The molecule has 0 radical (unpaired) electrons. The highest BCUT2D eigenvalue weighted by Crippen LogP contribution is 2.19. The second kappa shape index (κ2) is 7.59. The summed E-state index contributed by atoms with van der Waals surface area (Å²) in [4.78, 5) is 16.1. The predicted molar refractivity (Wildman–Crippen MR) is 84.8 cm³/mol. The first-order valence-electron chi connectivity index (χ1n) is 7.52. The van der Waals surface area contributed by atoms with E-state index in [-0.39, 0.29) is 5.91 Å². The number of aryl methyl sites for hydroxylation is 1. The number of amides is 1. The fourth-order valence-corrected chi connectivity index (χ4v) is 2.18. The van der Waals surface area contributed by atoms with Gasteiger partial charge in [0, 0.05) is 24.7 Å². The van der Waals surface area contributed by atoms with E-state index in [1.54, 1.807) is 13.1 Å². The van der Waals surface area contributed by atoms with Gasteiger partial charge in [-0.2, -0.15) is 4.98 Å². The van der Waals surface area contributed by atoms with E-state index < -0.39 is 0 Å². The van der Waals surface area contributed by atoms with E-state index in [1.807, 2.05) is 19.1 Å². The molecule has 0 spiro atoms. The van der Waals surface area contributed by atoms with Gasteiger partial charge in [0.25, 0.3) is 5.91 Å². The maximum atomic E-state index is 11.8. The lowest BCUT2D eigenvalue weighted by molar-refractivity contribution is 0.0962. The second-order valence-electron chi connectivity index (χ2n) is 5.12. The Bertz CT molecular complexity index is 637. The lowest BCUT2D eigenvalue weighted by atomic mass is 10.1. The number of hydrogen-bond acceptors (Lipinski definition) is 5. The average Bonchev–Trinajstić information content (AvgIpc) is 2.99. The molecule has 0 atom stereocenters. The highest BCUT2D eigenvalue weighted by molar-refractivity contribution is 5.96. The number of benzene rings is 1. The molecule has 0 aliphatic heterocycles. The molecular weight excluding hydrogens is 280 g/mol. The molecule has 1 aromatic heterocycles. The zero-order chi connectivity index (χ0) is 15.9. The minimum Gasteiger partial charge on any atom is -0.376 e. The van der Waals surface area contributed by atoms with Crippen LogP contribution < -0.4 is 10.6 Å². The molecule has 0 aliphatic rings. The largest absolute Gasteiger partial charge is 0.376 e. The molecule has 0 aliphatic carbocycles. The number of unbranched alkanes of at least 4 members (excludes halogenated alkanes) is 1. The molecular formula is C16H22N4O2. The van der Waals surface area contributed by atoms with Crippen molar-refractivity contribution in [2.75, 3.05) is 12.4 Å². The minimum atomic E-state index is -0.0965. The number of carbonyl (C=O) groups is 1. The molecule has 2 rings (SSSR count). The number of hydrogen-bond donors (Lipinski definition) is 2. The normalized spacial score (nSPS) is 10.5. The third-order valence-electron chi connectivity index (χ3n) is 3.50. The lowest BCUT2D eigenvalue weighted by Crippen LogP contribution is -2.19. The summed E-state index contributed by atoms with van der Waals surface area (Å²) in [6, 6.07) is 5.57. The molecule has 1 heterocycles. The first-order chi connectivity index (χ1) is 10.7. The predicted octanol–water partition coefficient (Wildman–Crippen LogP) is 2.69. The molecule has 0 fully saturated rings. The zero-order valence-corrected chi connectivity index (χ0v) is 13.3. The van der Waals surface area contributed by atoms with Crippen LogP contribution in [0.3, 0.4) is 0 Å². The van der Waals surface area contributed by atoms with E-state index in [2.05, 4.69) is 27.7 Å². The van der Waals surface area contributed by atoms with Crippen LogP contribution >= 0.6 is 0 Å². The van der Waals surface area contributed by atoms with Gasteiger partial charge >= 0.3 is 0 Å². The Morgan fingerprint density at radius 1 is 1.36 bits per heavy atom. The van der Waals surface area contributed by atoms with E-state index in [0.717, 1.165) is 36.3 Å². The summed E-state index contributed by atoms with van der Waals surface area (Å²) < 4.78 is 5.22. The summed E-state index contributed by atoms with van der Waals surface area (Å²) in [5.74, 6) is 1.20. The Morgan fingerprint density at radius 3 is 2.91 bits per heavy atom. The van der Waals surface area contributed by atoms with Crippen molar-refractivity contribution in [2.24, 2.45) is 0 Å². The lowest BCUT2D eigenvalue weighted by Gasteiger charge is -2.11. The summed E-state index contributed by atoms with van der Waals surface area (Å²) in [7, 11) is 1.62. The zero-order valence-electron chi connectivity index (χ0n) is 13.3. The molecule has 6 heteroatoms. The van der Waals surface area contributed by atoms with Crippen molar-refractivity contribution in [3.63, 3.8) is 0 Å². The van der Waals surface area contributed by atoms with Crippen LogP contribution in [0, 0.1) is 6.92 Å². The SMILES string of the molecule is CCCCc1noc(CNc2cccc(C(=O)NC)c2C)n1. The Hall–Kier alpha value is -2.37. The van der Waals surface area contributed by atoms with Gasteiger partial charge in [-0.1, -0.05) is 24.6 Å². The number of carbonyl (C=O) groups excluding carboxylic acids is 1. The van der Waals surface area contributed by atoms with Gasteiger partial charge in [0.15, 0.2) is 5.82 Å². The first kappa shape index (κ1) is 16.0. The van der Waals surface area contributed by atoms with Crippen LogP contribution in [0.4, 0.5) is 5.69 Å². The van der Waals surface area contributed by atoms with Gasteiger partial charge in [-0.05, 0) is 31.0 Å². The molecule has 2 aromatic rings. The van der Waals surface area contributed by atoms with Crippen molar-refractivity contribution in [1.29, 1.82) is 0 Å². The summed E-state index contributed by atoms with van der Waals surface area (Å²) in [5.41, 5.74) is 2.43. The highest BCUT2D eigenvalue weighted by atomic mass is 16.5. The monoisotopic (exact) mass is 302 g/mol. The van der Waals surface area contributed by atoms with E-state index in [4.69, 9.17) is 4.52 Å². The molecule has 0 saturated carbocycles. The fraction of sp³-hybridized carbons (Fsp3) is 0.438. The number of nitrogens with zero attached hydrogens (tertiary/aromatic N) is 2.